The largest absolute Gasteiger partial charge is 0.412 e. The van der Waals surface area contributed by atoms with Gasteiger partial charge in [-0.25, -0.2) is 9.50 Å². The first-order valence-corrected chi connectivity index (χ1v) is 10.3. The number of imidazole rings is 1. The molecule has 0 fully saturated rings. The first-order chi connectivity index (χ1) is 16.1. The average Bonchev–Trinajstić information content (AvgIpc) is 3.57. The van der Waals surface area contributed by atoms with E-state index in [2.05, 4.69) is 30.2 Å². The number of nitrogens with zero attached hydrogens (tertiary/aromatic N) is 7. The van der Waals surface area contributed by atoms with Crippen LogP contribution in [0.5, 0.6) is 0 Å². The van der Waals surface area contributed by atoms with Gasteiger partial charge in [0.1, 0.15) is 6.04 Å². The Hall–Kier alpha value is -4.41. The second-order valence-corrected chi connectivity index (χ2v) is 7.72. The SMILES string of the molecule is Cc1ncccc1-c1nnc(C(=O)N2CCc3[nH]cnc3[C@@H]2c2cc3cccc(F)n3n2)o1. The lowest BCUT2D eigenvalue weighted by atomic mass is 9.99. The van der Waals surface area contributed by atoms with Crippen LogP contribution in [0.4, 0.5) is 4.39 Å². The zero-order chi connectivity index (χ0) is 22.5. The van der Waals surface area contributed by atoms with E-state index in [9.17, 15) is 9.18 Å². The van der Waals surface area contributed by atoms with Crippen molar-refractivity contribution in [1.82, 2.24) is 39.7 Å². The van der Waals surface area contributed by atoms with E-state index < -0.39 is 17.9 Å². The number of amides is 1. The molecule has 1 atom stereocenters. The molecule has 0 unspecified atom stereocenters. The Kier molecular flexibility index (Phi) is 4.28. The van der Waals surface area contributed by atoms with E-state index in [1.807, 2.05) is 6.92 Å². The number of aromatic nitrogens is 7. The van der Waals surface area contributed by atoms with Crippen LogP contribution in [0.2, 0.25) is 0 Å². The molecule has 5 aromatic heterocycles. The normalized spacial score (nSPS) is 15.7. The third-order valence-corrected chi connectivity index (χ3v) is 5.77. The number of halogens is 1. The van der Waals surface area contributed by atoms with Crippen LogP contribution in [0, 0.1) is 12.9 Å². The van der Waals surface area contributed by atoms with Crippen molar-refractivity contribution in [2.24, 2.45) is 0 Å². The van der Waals surface area contributed by atoms with Gasteiger partial charge < -0.3 is 14.3 Å². The summed E-state index contributed by atoms with van der Waals surface area (Å²) in [5.74, 6) is -0.880. The Morgan fingerprint density at radius 1 is 1.21 bits per heavy atom. The van der Waals surface area contributed by atoms with Gasteiger partial charge in [0.2, 0.25) is 11.8 Å². The molecule has 33 heavy (non-hydrogen) atoms. The van der Waals surface area contributed by atoms with Gasteiger partial charge in [0.05, 0.1) is 28.8 Å². The molecule has 0 radical (unpaired) electrons. The van der Waals surface area contributed by atoms with Crippen molar-refractivity contribution in [3.05, 3.63) is 83.5 Å². The van der Waals surface area contributed by atoms with Gasteiger partial charge in [-0.3, -0.25) is 9.78 Å². The highest BCUT2D eigenvalue weighted by Crippen LogP contribution is 2.34. The maximum atomic E-state index is 14.3. The Labute approximate surface area is 186 Å². The second-order valence-electron chi connectivity index (χ2n) is 7.72. The summed E-state index contributed by atoms with van der Waals surface area (Å²) in [6, 6.07) is 9.36. The van der Waals surface area contributed by atoms with Crippen molar-refractivity contribution in [3.63, 3.8) is 0 Å². The number of nitrogens with one attached hydrogen (secondary N) is 1. The number of rotatable bonds is 3. The van der Waals surface area contributed by atoms with E-state index in [1.54, 1.807) is 47.8 Å². The van der Waals surface area contributed by atoms with Crippen LogP contribution in [-0.4, -0.2) is 52.1 Å². The molecule has 0 saturated carbocycles. The summed E-state index contributed by atoms with van der Waals surface area (Å²) in [7, 11) is 0. The first-order valence-electron chi connectivity index (χ1n) is 10.3. The standard InChI is InChI=1S/C22H17FN8O2/c1-12-14(5-3-8-24-12)20-27-28-21(33-20)22(32)30-9-7-15-18(26-11-25-15)19(30)16-10-13-4-2-6-17(23)31(13)29-16/h2-6,8,10-11,19H,7,9H2,1H3,(H,25,26)/t19-/m0/s1. The molecular weight excluding hydrogens is 427 g/mol. The summed E-state index contributed by atoms with van der Waals surface area (Å²) in [4.78, 5) is 26.8. The highest BCUT2D eigenvalue weighted by atomic mass is 19.1. The van der Waals surface area contributed by atoms with Gasteiger partial charge in [-0.2, -0.15) is 9.49 Å². The summed E-state index contributed by atoms with van der Waals surface area (Å²) < 4.78 is 21.2. The van der Waals surface area contributed by atoms with E-state index in [0.717, 1.165) is 5.69 Å². The number of H-pyrrole nitrogens is 1. The van der Waals surface area contributed by atoms with Crippen LogP contribution >= 0.6 is 0 Å². The van der Waals surface area contributed by atoms with Crippen molar-refractivity contribution < 1.29 is 13.6 Å². The molecule has 1 amide bonds. The molecular formula is C22H17FN8O2. The van der Waals surface area contributed by atoms with Crippen LogP contribution < -0.4 is 0 Å². The minimum Gasteiger partial charge on any atom is -0.412 e. The van der Waals surface area contributed by atoms with Gasteiger partial charge in [0.25, 0.3) is 0 Å². The third kappa shape index (κ3) is 3.08. The molecule has 6 heterocycles. The van der Waals surface area contributed by atoms with E-state index in [-0.39, 0.29) is 11.8 Å². The number of pyridine rings is 2. The van der Waals surface area contributed by atoms with Gasteiger partial charge >= 0.3 is 11.8 Å². The fraction of sp³-hybridized carbons (Fsp3) is 0.182. The van der Waals surface area contributed by atoms with Gasteiger partial charge in [-0.15, -0.1) is 10.2 Å². The lowest BCUT2D eigenvalue weighted by molar-refractivity contribution is 0.0646. The number of hydrogen-bond donors (Lipinski definition) is 1. The van der Waals surface area contributed by atoms with E-state index in [4.69, 9.17) is 4.42 Å². The molecule has 0 saturated heterocycles. The lowest BCUT2D eigenvalue weighted by Gasteiger charge is -2.32. The fourth-order valence-electron chi connectivity index (χ4n) is 4.18. The third-order valence-electron chi connectivity index (χ3n) is 5.77. The number of carbonyl (C=O) groups is 1. The van der Waals surface area contributed by atoms with Crippen molar-refractivity contribution in [2.75, 3.05) is 6.54 Å². The first kappa shape index (κ1) is 19.3. The second kappa shape index (κ2) is 7.33. The van der Waals surface area contributed by atoms with Gasteiger partial charge in [-0.1, -0.05) is 6.07 Å². The molecule has 6 rings (SSSR count). The van der Waals surface area contributed by atoms with Crippen molar-refractivity contribution in [3.8, 4) is 11.5 Å². The summed E-state index contributed by atoms with van der Waals surface area (Å²) >= 11 is 0. The summed E-state index contributed by atoms with van der Waals surface area (Å²) in [6.07, 6.45) is 3.82. The van der Waals surface area contributed by atoms with Crippen molar-refractivity contribution >= 4 is 11.4 Å². The highest BCUT2D eigenvalue weighted by molar-refractivity contribution is 5.90. The van der Waals surface area contributed by atoms with Crippen LogP contribution in [0.25, 0.3) is 17.0 Å². The maximum Gasteiger partial charge on any atom is 0.312 e. The summed E-state index contributed by atoms with van der Waals surface area (Å²) in [5.41, 5.74) is 3.99. The molecule has 5 aromatic rings. The molecule has 0 bridgehead atoms. The summed E-state index contributed by atoms with van der Waals surface area (Å²) in [5, 5.41) is 12.5. The lowest BCUT2D eigenvalue weighted by Crippen LogP contribution is -2.41. The summed E-state index contributed by atoms with van der Waals surface area (Å²) in [6.45, 7) is 2.20. The maximum absolute atomic E-state index is 14.3. The molecule has 0 aromatic carbocycles. The highest BCUT2D eigenvalue weighted by Gasteiger charge is 2.38. The van der Waals surface area contributed by atoms with Crippen molar-refractivity contribution in [2.45, 2.75) is 19.4 Å². The number of hydrogen-bond acceptors (Lipinski definition) is 7. The Balaban J connectivity index is 1.41. The Bertz CT molecular complexity index is 1500. The van der Waals surface area contributed by atoms with Crippen LogP contribution in [0.1, 0.15) is 39.5 Å². The van der Waals surface area contributed by atoms with Crippen LogP contribution in [0.15, 0.2) is 53.3 Å². The van der Waals surface area contributed by atoms with E-state index in [0.29, 0.717) is 41.1 Å². The van der Waals surface area contributed by atoms with E-state index in [1.165, 1.54) is 10.6 Å². The Morgan fingerprint density at radius 2 is 2.12 bits per heavy atom. The van der Waals surface area contributed by atoms with E-state index >= 15 is 0 Å². The number of aryl methyl sites for hydroxylation is 1. The van der Waals surface area contributed by atoms with Crippen molar-refractivity contribution in [1.29, 1.82) is 0 Å². The molecule has 10 nitrogen and oxygen atoms in total. The number of fused-ring (bicyclic) bond motifs is 2. The number of aromatic amines is 1. The minimum atomic E-state index is -0.637. The zero-order valence-corrected chi connectivity index (χ0v) is 17.4. The number of carbonyl (C=O) groups excluding carboxylic acids is 1. The van der Waals surface area contributed by atoms with Gasteiger partial charge in [-0.05, 0) is 37.3 Å². The van der Waals surface area contributed by atoms with Gasteiger partial charge in [0, 0.05) is 30.6 Å². The minimum absolute atomic E-state index is 0.146. The Morgan fingerprint density at radius 3 is 2.97 bits per heavy atom. The molecule has 164 valence electrons. The molecule has 11 heteroatoms. The molecule has 0 spiro atoms. The quantitative estimate of drug-likeness (QED) is 0.425. The predicted octanol–water partition coefficient (Wildman–Crippen LogP) is 2.74. The van der Waals surface area contributed by atoms with Crippen LogP contribution in [0.3, 0.4) is 0 Å². The molecule has 1 aliphatic rings. The average molecular weight is 444 g/mol. The molecule has 1 N–H and O–H groups in total. The monoisotopic (exact) mass is 444 g/mol. The topological polar surface area (TPSA) is 118 Å². The fourth-order valence-corrected chi connectivity index (χ4v) is 4.18. The molecule has 1 aliphatic heterocycles. The zero-order valence-electron chi connectivity index (χ0n) is 17.4. The smallest absolute Gasteiger partial charge is 0.312 e. The molecule has 0 aliphatic carbocycles. The van der Waals surface area contributed by atoms with Gasteiger partial charge in [0.15, 0.2) is 0 Å². The predicted molar refractivity (Wildman–Crippen MR) is 113 cm³/mol. The van der Waals surface area contributed by atoms with Crippen LogP contribution in [-0.2, 0) is 6.42 Å².